The first-order valence-corrected chi connectivity index (χ1v) is 11.8. The molecule has 0 bridgehead atoms. The van der Waals surface area contributed by atoms with Crippen LogP contribution in [0.15, 0.2) is 71.5 Å². The molecule has 1 aromatic carbocycles. The molecule has 1 amide bonds. The maximum atomic E-state index is 12.9. The van der Waals surface area contributed by atoms with Crippen molar-refractivity contribution in [2.45, 2.75) is 31.7 Å². The van der Waals surface area contributed by atoms with E-state index in [1.807, 2.05) is 42.5 Å². The SMILES string of the molecule is O=C(Nc1sc2c(c1C(Nc1ccccn1)c1ccccc1Cl)CCCC2)c1ccco1. The van der Waals surface area contributed by atoms with Gasteiger partial charge in [0.2, 0.25) is 0 Å². The van der Waals surface area contributed by atoms with Gasteiger partial charge in [0.1, 0.15) is 10.8 Å². The third kappa shape index (κ3) is 4.16. The Morgan fingerprint density at radius 3 is 2.69 bits per heavy atom. The second-order valence-electron chi connectivity index (χ2n) is 7.70. The van der Waals surface area contributed by atoms with Crippen molar-refractivity contribution in [1.29, 1.82) is 0 Å². The summed E-state index contributed by atoms with van der Waals surface area (Å²) in [6.07, 6.45) is 7.54. The Labute approximate surface area is 195 Å². The van der Waals surface area contributed by atoms with E-state index in [0.29, 0.717) is 5.02 Å². The number of carbonyl (C=O) groups excluding carboxylic acids is 1. The molecule has 1 aliphatic rings. The minimum absolute atomic E-state index is 0.259. The molecule has 0 spiro atoms. The molecule has 0 radical (unpaired) electrons. The fraction of sp³-hybridized carbons (Fsp3) is 0.200. The van der Waals surface area contributed by atoms with Crippen LogP contribution in [-0.2, 0) is 12.8 Å². The number of nitrogens with one attached hydrogen (secondary N) is 2. The van der Waals surface area contributed by atoms with Gasteiger partial charge in [0.15, 0.2) is 5.76 Å². The monoisotopic (exact) mass is 463 g/mol. The molecule has 2 N–H and O–H groups in total. The molecular formula is C25H22ClN3O2S. The standard InChI is InChI=1S/C25H22ClN3O2S/c26-18-10-3-1-8-16(18)23(28-21-13-5-6-14-27-21)22-17-9-2-4-12-20(17)32-25(22)29-24(30)19-11-7-15-31-19/h1,3,5-8,10-11,13-15,23H,2,4,9,12H2,(H,27,28)(H,29,30). The number of thiophene rings is 1. The largest absolute Gasteiger partial charge is 0.459 e. The summed E-state index contributed by atoms with van der Waals surface area (Å²) in [4.78, 5) is 18.7. The van der Waals surface area contributed by atoms with Gasteiger partial charge >= 0.3 is 0 Å². The summed E-state index contributed by atoms with van der Waals surface area (Å²) in [5.41, 5.74) is 3.30. The highest BCUT2D eigenvalue weighted by Gasteiger charge is 2.30. The lowest BCUT2D eigenvalue weighted by Gasteiger charge is -2.24. The van der Waals surface area contributed by atoms with Gasteiger partial charge in [-0.15, -0.1) is 11.3 Å². The average Bonchev–Trinajstić information content (AvgIpc) is 3.47. The van der Waals surface area contributed by atoms with Crippen LogP contribution >= 0.6 is 22.9 Å². The first kappa shape index (κ1) is 20.8. The molecule has 7 heteroatoms. The molecule has 1 unspecified atom stereocenters. The number of amides is 1. The third-order valence-electron chi connectivity index (χ3n) is 5.65. The molecule has 1 aliphatic carbocycles. The Balaban J connectivity index is 1.63. The molecule has 3 aromatic heterocycles. The fourth-order valence-electron chi connectivity index (χ4n) is 4.17. The highest BCUT2D eigenvalue weighted by molar-refractivity contribution is 7.16. The summed E-state index contributed by atoms with van der Waals surface area (Å²) in [7, 11) is 0. The van der Waals surface area contributed by atoms with Crippen LogP contribution < -0.4 is 10.6 Å². The molecule has 5 rings (SSSR count). The van der Waals surface area contributed by atoms with E-state index in [0.717, 1.165) is 47.6 Å². The summed E-state index contributed by atoms with van der Waals surface area (Å²) in [6.45, 7) is 0. The number of furan rings is 1. The highest BCUT2D eigenvalue weighted by atomic mass is 35.5. The van der Waals surface area contributed by atoms with E-state index in [9.17, 15) is 4.79 Å². The van der Waals surface area contributed by atoms with Crippen molar-refractivity contribution in [3.05, 3.63) is 99.4 Å². The number of pyridine rings is 1. The molecule has 0 aliphatic heterocycles. The van der Waals surface area contributed by atoms with Crippen LogP contribution in [0.5, 0.6) is 0 Å². The van der Waals surface area contributed by atoms with Crippen LogP contribution in [0.3, 0.4) is 0 Å². The highest BCUT2D eigenvalue weighted by Crippen LogP contribution is 2.45. The number of carbonyl (C=O) groups is 1. The van der Waals surface area contributed by atoms with E-state index in [2.05, 4.69) is 15.6 Å². The molecule has 32 heavy (non-hydrogen) atoms. The van der Waals surface area contributed by atoms with Crippen LogP contribution in [0.2, 0.25) is 5.02 Å². The number of aromatic nitrogens is 1. The second kappa shape index (κ2) is 9.18. The van der Waals surface area contributed by atoms with Gasteiger partial charge in [-0.25, -0.2) is 4.98 Å². The zero-order valence-electron chi connectivity index (χ0n) is 17.3. The summed E-state index contributed by atoms with van der Waals surface area (Å²) >= 11 is 8.32. The first-order chi connectivity index (χ1) is 15.7. The van der Waals surface area contributed by atoms with E-state index in [4.69, 9.17) is 16.0 Å². The maximum absolute atomic E-state index is 12.9. The van der Waals surface area contributed by atoms with Crippen LogP contribution in [0, 0.1) is 0 Å². The number of fused-ring (bicyclic) bond motifs is 1. The van der Waals surface area contributed by atoms with Gasteiger partial charge in [-0.1, -0.05) is 35.9 Å². The fourth-order valence-corrected chi connectivity index (χ4v) is 5.74. The summed E-state index contributed by atoms with van der Waals surface area (Å²) in [6, 6.07) is 16.7. The second-order valence-corrected chi connectivity index (χ2v) is 9.21. The number of rotatable bonds is 6. The van der Waals surface area contributed by atoms with Crippen molar-refractivity contribution in [3.8, 4) is 0 Å². The van der Waals surface area contributed by atoms with Gasteiger partial charge in [-0.3, -0.25) is 4.79 Å². The number of hydrogen-bond acceptors (Lipinski definition) is 5. The van der Waals surface area contributed by atoms with Crippen LogP contribution in [-0.4, -0.2) is 10.9 Å². The van der Waals surface area contributed by atoms with Crippen molar-refractivity contribution in [3.63, 3.8) is 0 Å². The maximum Gasteiger partial charge on any atom is 0.291 e. The van der Waals surface area contributed by atoms with Gasteiger partial charge < -0.3 is 15.1 Å². The number of aryl methyl sites for hydroxylation is 1. The van der Waals surface area contributed by atoms with E-state index in [1.165, 1.54) is 16.7 Å². The number of benzene rings is 1. The zero-order valence-corrected chi connectivity index (χ0v) is 18.9. The molecule has 4 aromatic rings. The first-order valence-electron chi connectivity index (χ1n) is 10.6. The summed E-state index contributed by atoms with van der Waals surface area (Å²) in [5, 5.41) is 8.17. The van der Waals surface area contributed by atoms with Crippen molar-refractivity contribution >= 4 is 39.7 Å². The lowest BCUT2D eigenvalue weighted by Crippen LogP contribution is -2.19. The minimum Gasteiger partial charge on any atom is -0.459 e. The normalized spacial score (nSPS) is 13.9. The quantitative estimate of drug-likeness (QED) is 0.333. The number of halogens is 1. The molecule has 162 valence electrons. The van der Waals surface area contributed by atoms with E-state index < -0.39 is 0 Å². The molecule has 0 fully saturated rings. The van der Waals surface area contributed by atoms with Crippen molar-refractivity contribution in [2.24, 2.45) is 0 Å². The van der Waals surface area contributed by atoms with Gasteiger partial charge in [0.25, 0.3) is 5.91 Å². The predicted octanol–water partition coefficient (Wildman–Crippen LogP) is 6.72. The molecule has 1 atom stereocenters. The van der Waals surface area contributed by atoms with Crippen LogP contribution in [0.4, 0.5) is 10.8 Å². The van der Waals surface area contributed by atoms with Crippen LogP contribution in [0.25, 0.3) is 0 Å². The molecule has 0 saturated heterocycles. The molecule has 5 nitrogen and oxygen atoms in total. The van der Waals surface area contributed by atoms with Crippen LogP contribution in [0.1, 0.15) is 51.0 Å². The smallest absolute Gasteiger partial charge is 0.291 e. The topological polar surface area (TPSA) is 67.2 Å². The van der Waals surface area contributed by atoms with Gasteiger partial charge in [0.05, 0.1) is 12.3 Å². The van der Waals surface area contributed by atoms with E-state index in [1.54, 1.807) is 29.7 Å². The minimum atomic E-state index is -0.261. The summed E-state index contributed by atoms with van der Waals surface area (Å²) in [5.74, 6) is 0.774. The molecular weight excluding hydrogens is 442 g/mol. The van der Waals surface area contributed by atoms with Crippen molar-refractivity contribution in [2.75, 3.05) is 10.6 Å². The Morgan fingerprint density at radius 1 is 1.06 bits per heavy atom. The van der Waals surface area contributed by atoms with Gasteiger partial charge in [0, 0.05) is 21.7 Å². The third-order valence-corrected chi connectivity index (χ3v) is 7.21. The predicted molar refractivity (Wildman–Crippen MR) is 129 cm³/mol. The Hall–Kier alpha value is -3.09. The number of anilines is 2. The number of nitrogens with zero attached hydrogens (tertiary/aromatic N) is 1. The van der Waals surface area contributed by atoms with Gasteiger partial charge in [-0.05, 0) is 67.1 Å². The molecule has 3 heterocycles. The van der Waals surface area contributed by atoms with E-state index >= 15 is 0 Å². The Morgan fingerprint density at radius 2 is 1.91 bits per heavy atom. The lowest BCUT2D eigenvalue weighted by molar-refractivity contribution is 0.0997. The van der Waals surface area contributed by atoms with Crippen molar-refractivity contribution in [1.82, 2.24) is 4.98 Å². The lowest BCUT2D eigenvalue weighted by atomic mass is 9.89. The molecule has 0 saturated carbocycles. The number of hydrogen-bond donors (Lipinski definition) is 2. The van der Waals surface area contributed by atoms with Crippen molar-refractivity contribution < 1.29 is 9.21 Å². The Bertz CT molecular complexity index is 1220. The Kier molecular flexibility index (Phi) is 5.97. The summed E-state index contributed by atoms with van der Waals surface area (Å²) < 4.78 is 5.32. The average molecular weight is 464 g/mol. The van der Waals surface area contributed by atoms with E-state index in [-0.39, 0.29) is 17.7 Å². The van der Waals surface area contributed by atoms with Gasteiger partial charge in [-0.2, -0.15) is 0 Å². The zero-order chi connectivity index (χ0) is 21.9.